The Morgan fingerprint density at radius 1 is 1.40 bits per heavy atom. The summed E-state index contributed by atoms with van der Waals surface area (Å²) in [5.41, 5.74) is 2.61. The summed E-state index contributed by atoms with van der Waals surface area (Å²) < 4.78 is 4.78. The first-order valence-corrected chi connectivity index (χ1v) is 6.99. The van der Waals surface area contributed by atoms with Crippen LogP contribution in [0.5, 0.6) is 0 Å². The van der Waals surface area contributed by atoms with E-state index in [4.69, 9.17) is 4.74 Å². The number of para-hydroxylation sites is 1. The first-order chi connectivity index (χ1) is 9.60. The number of aliphatic imine (C=N–C) groups is 1. The lowest BCUT2D eigenvalue weighted by Gasteiger charge is -2.22. The highest BCUT2D eigenvalue weighted by molar-refractivity contribution is 5.95. The smallest absolute Gasteiger partial charge is 0.340 e. The fourth-order valence-electron chi connectivity index (χ4n) is 2.76. The van der Waals surface area contributed by atoms with E-state index in [1.165, 1.54) is 12.7 Å². The summed E-state index contributed by atoms with van der Waals surface area (Å²) in [6, 6.07) is 7.29. The molecule has 1 aliphatic rings. The predicted octanol–water partition coefficient (Wildman–Crippen LogP) is 4.17. The topological polar surface area (TPSA) is 38.7 Å². The van der Waals surface area contributed by atoms with Gasteiger partial charge >= 0.3 is 5.97 Å². The number of benzene rings is 1. The fraction of sp³-hybridized carbons (Fsp3) is 0.412. The van der Waals surface area contributed by atoms with Gasteiger partial charge in [-0.05, 0) is 43.7 Å². The molecule has 0 heterocycles. The van der Waals surface area contributed by atoms with E-state index in [0.29, 0.717) is 23.1 Å². The second-order valence-corrected chi connectivity index (χ2v) is 5.48. The molecule has 0 aliphatic heterocycles. The van der Waals surface area contributed by atoms with Crippen LogP contribution in [-0.2, 0) is 4.74 Å². The molecular weight excluding hydrogens is 250 g/mol. The second-order valence-electron chi connectivity index (χ2n) is 5.48. The van der Waals surface area contributed by atoms with Crippen LogP contribution in [0.25, 0.3) is 0 Å². The highest BCUT2D eigenvalue weighted by Crippen LogP contribution is 2.28. The van der Waals surface area contributed by atoms with Gasteiger partial charge in [0.2, 0.25) is 0 Å². The summed E-state index contributed by atoms with van der Waals surface area (Å²) in [5, 5.41) is 0. The number of allylic oxidation sites excluding steroid dienone is 2. The normalized spacial score (nSPS) is 22.6. The molecule has 2 unspecified atom stereocenters. The average molecular weight is 271 g/mol. The van der Waals surface area contributed by atoms with E-state index in [1.807, 2.05) is 24.4 Å². The van der Waals surface area contributed by atoms with Crippen molar-refractivity contribution in [3.8, 4) is 0 Å². The van der Waals surface area contributed by atoms with Crippen molar-refractivity contribution in [1.82, 2.24) is 0 Å². The summed E-state index contributed by atoms with van der Waals surface area (Å²) in [5.74, 6) is 0.697. The van der Waals surface area contributed by atoms with Gasteiger partial charge in [-0.2, -0.15) is 0 Å². The zero-order chi connectivity index (χ0) is 14.5. The van der Waals surface area contributed by atoms with E-state index in [0.717, 1.165) is 12.8 Å². The zero-order valence-electron chi connectivity index (χ0n) is 12.3. The SMILES string of the molecule is COC(=O)c1ccccc1/N=C/C1CC(C)=CC(C)C1. The van der Waals surface area contributed by atoms with Crippen molar-refractivity contribution in [2.24, 2.45) is 16.8 Å². The third-order valence-electron chi connectivity index (χ3n) is 3.56. The van der Waals surface area contributed by atoms with Gasteiger partial charge in [0.1, 0.15) is 0 Å². The Labute approximate surface area is 120 Å². The second kappa shape index (κ2) is 6.51. The molecule has 0 radical (unpaired) electrons. The molecule has 1 aromatic carbocycles. The molecule has 0 bridgehead atoms. The maximum atomic E-state index is 11.7. The molecule has 2 rings (SSSR count). The molecule has 1 aliphatic carbocycles. The Morgan fingerprint density at radius 3 is 2.85 bits per heavy atom. The Morgan fingerprint density at radius 2 is 2.15 bits per heavy atom. The summed E-state index contributed by atoms with van der Waals surface area (Å²) in [7, 11) is 1.39. The molecule has 0 saturated heterocycles. The molecule has 0 spiro atoms. The monoisotopic (exact) mass is 271 g/mol. The van der Waals surface area contributed by atoms with Gasteiger partial charge in [0.15, 0.2) is 0 Å². The third-order valence-corrected chi connectivity index (χ3v) is 3.56. The van der Waals surface area contributed by atoms with E-state index in [-0.39, 0.29) is 5.97 Å². The first-order valence-electron chi connectivity index (χ1n) is 6.99. The minimum absolute atomic E-state index is 0.342. The molecule has 106 valence electrons. The highest BCUT2D eigenvalue weighted by Gasteiger charge is 2.16. The minimum atomic E-state index is -0.342. The van der Waals surface area contributed by atoms with Crippen LogP contribution in [0.1, 0.15) is 37.0 Å². The number of hydrogen-bond donors (Lipinski definition) is 0. The standard InChI is InChI=1S/C17H21NO2/c1-12-8-13(2)10-14(9-12)11-18-16-7-5-4-6-15(16)17(19)20-3/h4-8,11-12,14H,9-10H2,1-3H3/b18-11+. The minimum Gasteiger partial charge on any atom is -0.465 e. The van der Waals surface area contributed by atoms with Crippen LogP contribution in [0.4, 0.5) is 5.69 Å². The number of hydrogen-bond acceptors (Lipinski definition) is 3. The highest BCUT2D eigenvalue weighted by atomic mass is 16.5. The molecule has 20 heavy (non-hydrogen) atoms. The molecule has 1 aromatic rings. The number of rotatable bonds is 3. The van der Waals surface area contributed by atoms with E-state index in [9.17, 15) is 4.79 Å². The Bertz CT molecular complexity index is 546. The van der Waals surface area contributed by atoms with Crippen LogP contribution >= 0.6 is 0 Å². The number of ether oxygens (including phenoxy) is 1. The van der Waals surface area contributed by atoms with Crippen molar-refractivity contribution >= 4 is 17.9 Å². The summed E-state index contributed by atoms with van der Waals surface area (Å²) in [6.07, 6.45) is 6.47. The van der Waals surface area contributed by atoms with Gasteiger partial charge < -0.3 is 4.74 Å². The van der Waals surface area contributed by atoms with Gasteiger partial charge in [0.25, 0.3) is 0 Å². The molecule has 0 fully saturated rings. The predicted molar refractivity (Wildman–Crippen MR) is 81.6 cm³/mol. The Hall–Kier alpha value is -1.90. The molecule has 0 saturated carbocycles. The lowest BCUT2D eigenvalue weighted by molar-refractivity contribution is 0.0601. The average Bonchev–Trinajstić information content (AvgIpc) is 2.43. The summed E-state index contributed by atoms with van der Waals surface area (Å²) in [4.78, 5) is 16.2. The van der Waals surface area contributed by atoms with Crippen molar-refractivity contribution in [2.45, 2.75) is 26.7 Å². The fourth-order valence-corrected chi connectivity index (χ4v) is 2.76. The van der Waals surface area contributed by atoms with Gasteiger partial charge in [-0.1, -0.05) is 30.7 Å². The quantitative estimate of drug-likeness (QED) is 0.470. The van der Waals surface area contributed by atoms with Gasteiger partial charge in [0.05, 0.1) is 18.4 Å². The summed E-state index contributed by atoms with van der Waals surface area (Å²) >= 11 is 0. The van der Waals surface area contributed by atoms with E-state index < -0.39 is 0 Å². The number of nitrogens with zero attached hydrogens (tertiary/aromatic N) is 1. The first kappa shape index (κ1) is 14.5. The molecule has 3 heteroatoms. The van der Waals surface area contributed by atoms with E-state index >= 15 is 0 Å². The Balaban J connectivity index is 2.16. The molecular formula is C17H21NO2. The van der Waals surface area contributed by atoms with Gasteiger partial charge in [-0.15, -0.1) is 0 Å². The van der Waals surface area contributed by atoms with Gasteiger partial charge in [0, 0.05) is 6.21 Å². The maximum Gasteiger partial charge on any atom is 0.340 e. The van der Waals surface area contributed by atoms with Crippen LogP contribution < -0.4 is 0 Å². The van der Waals surface area contributed by atoms with Crippen molar-refractivity contribution in [3.05, 3.63) is 41.5 Å². The van der Waals surface area contributed by atoms with Crippen LogP contribution in [0.2, 0.25) is 0 Å². The van der Waals surface area contributed by atoms with Crippen molar-refractivity contribution < 1.29 is 9.53 Å². The molecule has 2 atom stereocenters. The number of esters is 1. The molecule has 0 aromatic heterocycles. The van der Waals surface area contributed by atoms with Gasteiger partial charge in [-0.25, -0.2) is 4.79 Å². The van der Waals surface area contributed by atoms with Crippen molar-refractivity contribution in [3.63, 3.8) is 0 Å². The van der Waals surface area contributed by atoms with Crippen LogP contribution in [0, 0.1) is 11.8 Å². The van der Waals surface area contributed by atoms with Crippen LogP contribution in [0.3, 0.4) is 0 Å². The lowest BCUT2D eigenvalue weighted by Crippen LogP contribution is -2.12. The number of carbonyl (C=O) groups is 1. The molecule has 0 amide bonds. The Kier molecular flexibility index (Phi) is 4.72. The number of carbonyl (C=O) groups excluding carboxylic acids is 1. The third kappa shape index (κ3) is 3.56. The maximum absolute atomic E-state index is 11.7. The van der Waals surface area contributed by atoms with Crippen LogP contribution in [0.15, 0.2) is 40.9 Å². The largest absolute Gasteiger partial charge is 0.465 e. The van der Waals surface area contributed by atoms with Gasteiger partial charge in [-0.3, -0.25) is 4.99 Å². The zero-order valence-corrected chi connectivity index (χ0v) is 12.3. The van der Waals surface area contributed by atoms with E-state index in [2.05, 4.69) is 24.9 Å². The summed E-state index contributed by atoms with van der Waals surface area (Å²) in [6.45, 7) is 4.39. The van der Waals surface area contributed by atoms with Crippen LogP contribution in [-0.4, -0.2) is 19.3 Å². The van der Waals surface area contributed by atoms with Crippen molar-refractivity contribution in [2.75, 3.05) is 7.11 Å². The lowest BCUT2D eigenvalue weighted by atomic mass is 9.84. The number of methoxy groups -OCH3 is 1. The van der Waals surface area contributed by atoms with E-state index in [1.54, 1.807) is 6.07 Å². The van der Waals surface area contributed by atoms with Crippen molar-refractivity contribution in [1.29, 1.82) is 0 Å². The molecule has 3 nitrogen and oxygen atoms in total. The molecule has 0 N–H and O–H groups in total.